The molecule has 146 valence electrons. The summed E-state index contributed by atoms with van der Waals surface area (Å²) in [6, 6.07) is 1.19. The molecular weight excluding hydrogens is 406 g/mol. The first-order chi connectivity index (χ1) is 12.5. The first kappa shape index (κ1) is 22.4. The van der Waals surface area contributed by atoms with E-state index in [1.807, 2.05) is 0 Å². The quantitative estimate of drug-likeness (QED) is 0.761. The average molecular weight is 421 g/mol. The van der Waals surface area contributed by atoms with Crippen molar-refractivity contribution in [3.8, 4) is 0 Å². The van der Waals surface area contributed by atoms with Gasteiger partial charge in [-0.25, -0.2) is 9.59 Å². The van der Waals surface area contributed by atoms with Crippen molar-refractivity contribution in [2.24, 2.45) is 14.1 Å². The number of carboxylic acid groups (broad SMARTS) is 1. The van der Waals surface area contributed by atoms with E-state index in [0.717, 1.165) is 10.8 Å². The molecule has 0 aromatic carbocycles. The minimum Gasteiger partial charge on any atom is -0.478 e. The van der Waals surface area contributed by atoms with E-state index in [-0.39, 0.29) is 22.8 Å². The van der Waals surface area contributed by atoms with Crippen LogP contribution in [0.25, 0.3) is 0 Å². The van der Waals surface area contributed by atoms with Crippen molar-refractivity contribution >= 4 is 35.1 Å². The van der Waals surface area contributed by atoms with Gasteiger partial charge in [0.25, 0.3) is 11.1 Å². The third-order valence-corrected chi connectivity index (χ3v) is 3.85. The largest absolute Gasteiger partial charge is 0.478 e. The fraction of sp³-hybridized carbons (Fsp3) is 0.250. The Morgan fingerprint density at radius 3 is 2.22 bits per heavy atom. The van der Waals surface area contributed by atoms with Crippen molar-refractivity contribution in [3.63, 3.8) is 0 Å². The second-order valence-electron chi connectivity index (χ2n) is 5.10. The minimum absolute atomic E-state index is 0.117. The van der Waals surface area contributed by atoms with Crippen LogP contribution in [0, 0.1) is 5.82 Å². The number of pyridine rings is 2. The van der Waals surface area contributed by atoms with Crippen molar-refractivity contribution in [1.29, 1.82) is 0 Å². The number of carboxylic acids is 1. The molecule has 0 saturated heterocycles. The number of ether oxygens (including phenoxy) is 1. The number of carbonyl (C=O) groups is 2. The van der Waals surface area contributed by atoms with Gasteiger partial charge in [-0.05, 0) is 6.92 Å². The molecule has 2 heterocycles. The summed E-state index contributed by atoms with van der Waals surface area (Å²) in [6.07, 6.45) is 2.33. The maximum atomic E-state index is 12.9. The predicted octanol–water partition coefficient (Wildman–Crippen LogP) is 2.09. The number of aromatic nitrogens is 2. The van der Waals surface area contributed by atoms with E-state index in [2.05, 4.69) is 0 Å². The highest BCUT2D eigenvalue weighted by atomic mass is 35.5. The third kappa shape index (κ3) is 5.41. The van der Waals surface area contributed by atoms with Crippen LogP contribution in [0.1, 0.15) is 27.6 Å². The number of halogens is 3. The summed E-state index contributed by atoms with van der Waals surface area (Å²) in [5.41, 5.74) is -1.44. The van der Waals surface area contributed by atoms with E-state index in [0.29, 0.717) is 0 Å². The van der Waals surface area contributed by atoms with Crippen LogP contribution in [-0.4, -0.2) is 32.8 Å². The summed E-state index contributed by atoms with van der Waals surface area (Å²) in [5.74, 6) is -3.14. The first-order valence-electron chi connectivity index (χ1n) is 7.32. The molecule has 0 aliphatic carbocycles. The van der Waals surface area contributed by atoms with Crippen molar-refractivity contribution in [1.82, 2.24) is 9.13 Å². The zero-order valence-corrected chi connectivity index (χ0v) is 16.0. The van der Waals surface area contributed by atoms with Crippen LogP contribution in [0.4, 0.5) is 4.39 Å². The average Bonchev–Trinajstić information content (AvgIpc) is 2.60. The molecule has 0 radical (unpaired) electrons. The number of hydrogen-bond acceptors (Lipinski definition) is 5. The lowest BCUT2D eigenvalue weighted by Crippen LogP contribution is -2.22. The van der Waals surface area contributed by atoms with Crippen LogP contribution in [0.3, 0.4) is 0 Å². The minimum atomic E-state index is -1.38. The summed E-state index contributed by atoms with van der Waals surface area (Å²) in [4.78, 5) is 43.8. The van der Waals surface area contributed by atoms with Gasteiger partial charge in [0.1, 0.15) is 0 Å². The molecule has 11 heteroatoms. The number of nitrogens with zero attached hydrogens (tertiary/aromatic N) is 2. The summed E-state index contributed by atoms with van der Waals surface area (Å²) >= 11 is 11.0. The van der Waals surface area contributed by atoms with Gasteiger partial charge in [0.15, 0.2) is 0 Å². The highest BCUT2D eigenvalue weighted by Crippen LogP contribution is 2.16. The molecule has 0 aliphatic rings. The maximum Gasteiger partial charge on any atom is 0.341 e. The summed E-state index contributed by atoms with van der Waals surface area (Å²) in [7, 11) is 2.79. The Morgan fingerprint density at radius 2 is 1.70 bits per heavy atom. The van der Waals surface area contributed by atoms with E-state index in [1.165, 1.54) is 23.9 Å². The molecule has 0 spiro atoms. The molecular formula is C16H15Cl2FN2O6. The summed E-state index contributed by atoms with van der Waals surface area (Å²) in [5, 5.41) is 8.00. The second kappa shape index (κ2) is 9.33. The number of hydrogen-bond donors (Lipinski definition) is 1. The Kier molecular flexibility index (Phi) is 7.74. The molecule has 2 rings (SSSR count). The molecule has 27 heavy (non-hydrogen) atoms. The molecule has 1 N–H and O–H groups in total. The van der Waals surface area contributed by atoms with Gasteiger partial charge >= 0.3 is 11.9 Å². The van der Waals surface area contributed by atoms with Crippen molar-refractivity contribution in [3.05, 3.63) is 66.2 Å². The van der Waals surface area contributed by atoms with Gasteiger partial charge in [-0.2, -0.15) is 4.39 Å². The van der Waals surface area contributed by atoms with Gasteiger partial charge in [0, 0.05) is 32.6 Å². The van der Waals surface area contributed by atoms with Crippen molar-refractivity contribution in [2.75, 3.05) is 6.61 Å². The summed E-state index contributed by atoms with van der Waals surface area (Å²) in [6.45, 7) is 1.98. The van der Waals surface area contributed by atoms with Gasteiger partial charge in [0.2, 0.25) is 5.82 Å². The zero-order valence-electron chi connectivity index (χ0n) is 14.5. The molecule has 0 atom stereocenters. The Labute approximate surface area is 162 Å². The Bertz CT molecular complexity index is 1000. The lowest BCUT2D eigenvalue weighted by atomic mass is 10.3. The van der Waals surface area contributed by atoms with Crippen LogP contribution >= 0.6 is 23.2 Å². The normalized spacial score (nSPS) is 10.0. The van der Waals surface area contributed by atoms with Gasteiger partial charge < -0.3 is 19.0 Å². The van der Waals surface area contributed by atoms with E-state index in [4.69, 9.17) is 33.0 Å². The smallest absolute Gasteiger partial charge is 0.341 e. The van der Waals surface area contributed by atoms with Crippen LogP contribution < -0.4 is 11.1 Å². The van der Waals surface area contributed by atoms with Gasteiger partial charge in [-0.15, -0.1) is 0 Å². The fourth-order valence-corrected chi connectivity index (χ4v) is 2.22. The maximum absolute atomic E-state index is 12.9. The van der Waals surface area contributed by atoms with E-state index >= 15 is 0 Å². The molecule has 0 fully saturated rings. The third-order valence-electron chi connectivity index (χ3n) is 3.16. The number of aromatic carboxylic acids is 1. The number of carbonyl (C=O) groups excluding carboxylic acids is 1. The lowest BCUT2D eigenvalue weighted by Gasteiger charge is -2.05. The topological polar surface area (TPSA) is 108 Å². The molecule has 0 bridgehead atoms. The Hall–Kier alpha value is -2.65. The standard InChI is InChI=1S/C9H10ClNO3.C7H5ClFNO3/c1-3-14-9(13)6-5-11(2)8(12)4-7(6)10;1-10-2-3(7(12)13)4(8)5(9)6(10)11/h4-5H,3H2,1-2H3;2H,1H3,(H,12,13). The SMILES string of the molecule is CCOC(=O)c1cn(C)c(=O)cc1Cl.Cn1cc(C(=O)O)c(Cl)c(F)c1=O. The zero-order chi connectivity index (χ0) is 20.9. The van der Waals surface area contributed by atoms with Gasteiger partial charge in [-0.1, -0.05) is 23.2 Å². The fourth-order valence-electron chi connectivity index (χ4n) is 1.79. The predicted molar refractivity (Wildman–Crippen MR) is 96.3 cm³/mol. The van der Waals surface area contributed by atoms with Crippen molar-refractivity contribution in [2.45, 2.75) is 6.92 Å². The second-order valence-corrected chi connectivity index (χ2v) is 5.88. The number of aryl methyl sites for hydroxylation is 2. The van der Waals surface area contributed by atoms with Crippen molar-refractivity contribution < 1.29 is 23.8 Å². The highest BCUT2D eigenvalue weighted by Gasteiger charge is 2.17. The molecule has 2 aromatic rings. The van der Waals surface area contributed by atoms with Gasteiger partial charge in [0.05, 0.1) is 27.8 Å². The number of rotatable bonds is 3. The number of esters is 1. The molecule has 0 unspecified atom stereocenters. The molecule has 0 saturated carbocycles. The molecule has 2 aromatic heterocycles. The van der Waals surface area contributed by atoms with Crippen LogP contribution in [-0.2, 0) is 18.8 Å². The monoisotopic (exact) mass is 420 g/mol. The van der Waals surface area contributed by atoms with Gasteiger partial charge in [-0.3, -0.25) is 9.59 Å². The first-order valence-corrected chi connectivity index (χ1v) is 8.08. The lowest BCUT2D eigenvalue weighted by molar-refractivity contribution is 0.0525. The highest BCUT2D eigenvalue weighted by molar-refractivity contribution is 6.33. The van der Waals surface area contributed by atoms with Crippen LogP contribution in [0.15, 0.2) is 28.0 Å². The Morgan fingerprint density at radius 1 is 1.15 bits per heavy atom. The van der Waals surface area contributed by atoms with E-state index in [9.17, 15) is 23.6 Å². The van der Waals surface area contributed by atoms with E-state index < -0.39 is 33.9 Å². The van der Waals surface area contributed by atoms with E-state index in [1.54, 1.807) is 14.0 Å². The van der Waals surface area contributed by atoms with Crippen LogP contribution in [0.5, 0.6) is 0 Å². The molecule has 0 aliphatic heterocycles. The van der Waals surface area contributed by atoms with Crippen LogP contribution in [0.2, 0.25) is 10.0 Å². The summed E-state index contributed by atoms with van der Waals surface area (Å²) < 4.78 is 19.7. The Balaban J connectivity index is 0.000000271. The molecule has 0 amide bonds. The molecule has 8 nitrogen and oxygen atoms in total.